The average molecular weight is 260 g/mol. The van der Waals surface area contributed by atoms with Crippen LogP contribution < -0.4 is 10.5 Å². The standard InChI is InChI=1S/C16H24N2O/c1-12(2)14-7-6-13(3)15(10-14)19-9-5-8-16(4,18)11-17/h6-7,10,12H,5,8-9,18H2,1-4H3. The Morgan fingerprint density at radius 2 is 2.11 bits per heavy atom. The van der Waals surface area contributed by atoms with Crippen LogP contribution in [0.3, 0.4) is 0 Å². The van der Waals surface area contributed by atoms with Crippen LogP contribution in [-0.2, 0) is 0 Å². The highest BCUT2D eigenvalue weighted by atomic mass is 16.5. The van der Waals surface area contributed by atoms with Crippen LogP contribution in [0.5, 0.6) is 5.75 Å². The number of nitriles is 1. The Morgan fingerprint density at radius 3 is 2.68 bits per heavy atom. The lowest BCUT2D eigenvalue weighted by molar-refractivity contribution is 0.294. The van der Waals surface area contributed by atoms with Crippen LogP contribution in [0.2, 0.25) is 0 Å². The fourth-order valence-corrected chi connectivity index (χ4v) is 1.81. The lowest BCUT2D eigenvalue weighted by Crippen LogP contribution is -2.34. The van der Waals surface area contributed by atoms with E-state index in [1.165, 1.54) is 5.56 Å². The van der Waals surface area contributed by atoms with Crippen LogP contribution in [0.25, 0.3) is 0 Å². The first-order valence-electron chi connectivity index (χ1n) is 6.79. The molecule has 0 bridgehead atoms. The first-order chi connectivity index (χ1) is 8.85. The minimum Gasteiger partial charge on any atom is -0.493 e. The molecule has 0 spiro atoms. The van der Waals surface area contributed by atoms with Crippen molar-refractivity contribution in [1.29, 1.82) is 5.26 Å². The summed E-state index contributed by atoms with van der Waals surface area (Å²) >= 11 is 0. The summed E-state index contributed by atoms with van der Waals surface area (Å²) in [7, 11) is 0. The predicted molar refractivity (Wildman–Crippen MR) is 78.2 cm³/mol. The second-order valence-electron chi connectivity index (χ2n) is 5.66. The van der Waals surface area contributed by atoms with Gasteiger partial charge in [0.15, 0.2) is 0 Å². The van der Waals surface area contributed by atoms with E-state index in [-0.39, 0.29) is 0 Å². The number of nitrogens with two attached hydrogens (primary N) is 1. The van der Waals surface area contributed by atoms with Gasteiger partial charge in [0.2, 0.25) is 0 Å². The van der Waals surface area contributed by atoms with Crippen molar-refractivity contribution in [1.82, 2.24) is 0 Å². The largest absolute Gasteiger partial charge is 0.493 e. The second kappa shape index (κ2) is 6.58. The van der Waals surface area contributed by atoms with Crippen molar-refractivity contribution < 1.29 is 4.74 Å². The van der Waals surface area contributed by atoms with Crippen LogP contribution >= 0.6 is 0 Å². The van der Waals surface area contributed by atoms with Crippen molar-refractivity contribution >= 4 is 0 Å². The Bertz CT molecular complexity index is 458. The maximum Gasteiger partial charge on any atom is 0.122 e. The van der Waals surface area contributed by atoms with Crippen LogP contribution in [0.1, 0.15) is 50.7 Å². The molecule has 0 aromatic heterocycles. The number of aryl methyl sites for hydroxylation is 1. The van der Waals surface area contributed by atoms with Gasteiger partial charge in [0.05, 0.1) is 12.7 Å². The van der Waals surface area contributed by atoms with Gasteiger partial charge < -0.3 is 10.5 Å². The molecule has 0 heterocycles. The van der Waals surface area contributed by atoms with Gasteiger partial charge in [-0.05, 0) is 49.8 Å². The van der Waals surface area contributed by atoms with Gasteiger partial charge in [-0.15, -0.1) is 0 Å². The van der Waals surface area contributed by atoms with E-state index in [9.17, 15) is 0 Å². The first-order valence-corrected chi connectivity index (χ1v) is 6.79. The van der Waals surface area contributed by atoms with Crippen molar-refractivity contribution in [3.05, 3.63) is 29.3 Å². The van der Waals surface area contributed by atoms with Gasteiger partial charge in [-0.2, -0.15) is 5.26 Å². The molecule has 1 rings (SSSR count). The number of hydrogen-bond donors (Lipinski definition) is 1. The van der Waals surface area contributed by atoms with E-state index in [1.807, 2.05) is 6.92 Å². The summed E-state index contributed by atoms with van der Waals surface area (Å²) in [5.74, 6) is 1.43. The van der Waals surface area contributed by atoms with E-state index in [4.69, 9.17) is 15.7 Å². The summed E-state index contributed by atoms with van der Waals surface area (Å²) in [5, 5.41) is 8.84. The van der Waals surface area contributed by atoms with Gasteiger partial charge in [-0.1, -0.05) is 26.0 Å². The number of ether oxygens (including phenoxy) is 1. The lowest BCUT2D eigenvalue weighted by atomic mass is 10.00. The maximum absolute atomic E-state index is 8.84. The van der Waals surface area contributed by atoms with Gasteiger partial charge in [0, 0.05) is 0 Å². The zero-order chi connectivity index (χ0) is 14.5. The molecule has 0 aliphatic rings. The summed E-state index contributed by atoms with van der Waals surface area (Å²) in [4.78, 5) is 0. The minimum absolute atomic E-state index is 0.494. The Morgan fingerprint density at radius 1 is 1.42 bits per heavy atom. The highest BCUT2D eigenvalue weighted by molar-refractivity contribution is 5.37. The average Bonchev–Trinajstić information content (AvgIpc) is 2.36. The van der Waals surface area contributed by atoms with Crippen molar-refractivity contribution in [2.45, 2.75) is 52.0 Å². The second-order valence-corrected chi connectivity index (χ2v) is 5.66. The predicted octanol–water partition coefficient (Wildman–Crippen LogP) is 3.52. The molecular formula is C16H24N2O. The highest BCUT2D eigenvalue weighted by Gasteiger charge is 2.16. The topological polar surface area (TPSA) is 59.0 Å². The molecule has 3 nitrogen and oxygen atoms in total. The molecule has 0 saturated heterocycles. The molecule has 0 amide bonds. The normalized spacial score (nSPS) is 13.9. The van der Waals surface area contributed by atoms with Gasteiger partial charge in [-0.3, -0.25) is 0 Å². The molecule has 0 radical (unpaired) electrons. The van der Waals surface area contributed by atoms with Crippen LogP contribution in [-0.4, -0.2) is 12.1 Å². The molecule has 1 aromatic rings. The molecule has 3 heteroatoms. The number of benzene rings is 1. The van der Waals surface area contributed by atoms with E-state index in [2.05, 4.69) is 38.1 Å². The Labute approximate surface area is 116 Å². The monoisotopic (exact) mass is 260 g/mol. The van der Waals surface area contributed by atoms with E-state index in [0.29, 0.717) is 18.9 Å². The molecule has 19 heavy (non-hydrogen) atoms. The van der Waals surface area contributed by atoms with E-state index >= 15 is 0 Å². The molecule has 1 aromatic carbocycles. The molecule has 1 atom stereocenters. The molecule has 104 valence electrons. The molecule has 0 aliphatic carbocycles. The Kier molecular flexibility index (Phi) is 5.38. The van der Waals surface area contributed by atoms with Gasteiger partial charge in [0.25, 0.3) is 0 Å². The minimum atomic E-state index is -0.752. The van der Waals surface area contributed by atoms with Gasteiger partial charge in [-0.25, -0.2) is 0 Å². The third-order valence-electron chi connectivity index (χ3n) is 3.23. The van der Waals surface area contributed by atoms with E-state index < -0.39 is 5.54 Å². The summed E-state index contributed by atoms with van der Waals surface area (Å²) in [6.45, 7) is 8.72. The third kappa shape index (κ3) is 4.92. The van der Waals surface area contributed by atoms with E-state index in [0.717, 1.165) is 17.7 Å². The smallest absolute Gasteiger partial charge is 0.122 e. The number of nitrogens with zero attached hydrogens (tertiary/aromatic N) is 1. The Balaban J connectivity index is 2.54. The van der Waals surface area contributed by atoms with Crippen molar-refractivity contribution in [3.63, 3.8) is 0 Å². The molecule has 2 N–H and O–H groups in total. The fraction of sp³-hybridized carbons (Fsp3) is 0.562. The van der Waals surface area contributed by atoms with Crippen molar-refractivity contribution in [2.75, 3.05) is 6.61 Å². The zero-order valence-electron chi connectivity index (χ0n) is 12.4. The summed E-state index contributed by atoms with van der Waals surface area (Å²) in [6, 6.07) is 8.43. The SMILES string of the molecule is Cc1ccc(C(C)C)cc1OCCCC(C)(N)C#N. The van der Waals surface area contributed by atoms with Crippen LogP contribution in [0, 0.1) is 18.3 Å². The number of rotatable bonds is 6. The zero-order valence-corrected chi connectivity index (χ0v) is 12.4. The van der Waals surface area contributed by atoms with Gasteiger partial charge >= 0.3 is 0 Å². The highest BCUT2D eigenvalue weighted by Crippen LogP contribution is 2.24. The quantitative estimate of drug-likeness (QED) is 0.796. The first kappa shape index (κ1) is 15.5. The fourth-order valence-electron chi connectivity index (χ4n) is 1.81. The summed E-state index contributed by atoms with van der Waals surface area (Å²) < 4.78 is 5.80. The molecular weight excluding hydrogens is 236 g/mol. The maximum atomic E-state index is 8.84. The van der Waals surface area contributed by atoms with Gasteiger partial charge in [0.1, 0.15) is 11.3 Å². The van der Waals surface area contributed by atoms with Crippen molar-refractivity contribution in [2.24, 2.45) is 5.73 Å². The summed E-state index contributed by atoms with van der Waals surface area (Å²) in [6.07, 6.45) is 1.43. The van der Waals surface area contributed by atoms with Crippen LogP contribution in [0.4, 0.5) is 0 Å². The molecule has 0 aliphatic heterocycles. The molecule has 1 unspecified atom stereocenters. The molecule has 0 saturated carbocycles. The molecule has 0 fully saturated rings. The number of hydrogen-bond acceptors (Lipinski definition) is 3. The lowest BCUT2D eigenvalue weighted by Gasteiger charge is -2.16. The van der Waals surface area contributed by atoms with Crippen LogP contribution in [0.15, 0.2) is 18.2 Å². The summed E-state index contributed by atoms with van der Waals surface area (Å²) in [5.41, 5.74) is 7.44. The Hall–Kier alpha value is -1.53. The van der Waals surface area contributed by atoms with Crippen molar-refractivity contribution in [3.8, 4) is 11.8 Å². The third-order valence-corrected chi connectivity index (χ3v) is 3.23. The van der Waals surface area contributed by atoms with E-state index in [1.54, 1.807) is 6.92 Å².